The van der Waals surface area contributed by atoms with Crippen LogP contribution in [-0.4, -0.2) is 34.3 Å². The number of nitrogens with two attached hydrogens (primary N) is 1. The molecule has 0 aliphatic carbocycles. The van der Waals surface area contributed by atoms with E-state index < -0.39 is 5.97 Å². The second-order valence-corrected chi connectivity index (χ2v) is 9.89. The molecule has 0 saturated carbocycles. The summed E-state index contributed by atoms with van der Waals surface area (Å²) in [6, 6.07) is 9.63. The lowest BCUT2D eigenvalue weighted by molar-refractivity contribution is 0.0695. The lowest BCUT2D eigenvalue weighted by Crippen LogP contribution is -2.19. The van der Waals surface area contributed by atoms with E-state index in [4.69, 9.17) is 15.5 Å². The van der Waals surface area contributed by atoms with E-state index in [1.807, 2.05) is 18.4 Å². The van der Waals surface area contributed by atoms with Gasteiger partial charge in [0.25, 0.3) is 0 Å². The van der Waals surface area contributed by atoms with Crippen LogP contribution in [0.1, 0.15) is 64.0 Å². The molecule has 0 amide bonds. The first kappa shape index (κ1) is 24.7. The number of nitriles is 2. The second-order valence-electron chi connectivity index (χ2n) is 8.07. The number of rotatable bonds is 7. The molecule has 178 valence electrons. The average molecular weight is 506 g/mol. The smallest absolute Gasteiger partial charge is 0.335 e. The number of aryl methyl sites for hydroxylation is 1. The van der Waals surface area contributed by atoms with Gasteiger partial charge in [-0.15, -0.1) is 11.3 Å². The molecule has 1 aromatic carbocycles. The molecule has 0 spiro atoms. The van der Waals surface area contributed by atoms with Crippen LogP contribution in [0.2, 0.25) is 0 Å². The summed E-state index contributed by atoms with van der Waals surface area (Å²) in [5, 5.41) is 32.2. The summed E-state index contributed by atoms with van der Waals surface area (Å²) in [5.41, 5.74) is 10.1. The van der Waals surface area contributed by atoms with E-state index in [1.165, 1.54) is 23.1 Å². The predicted molar refractivity (Wildman–Crippen MR) is 134 cm³/mol. The van der Waals surface area contributed by atoms with Gasteiger partial charge in [-0.2, -0.15) is 10.5 Å². The lowest BCUT2D eigenvalue weighted by atomic mass is 9.88. The third-order valence-electron chi connectivity index (χ3n) is 5.89. The molecule has 1 fully saturated rings. The third-order valence-corrected chi connectivity index (χ3v) is 7.84. The second kappa shape index (κ2) is 10.9. The van der Waals surface area contributed by atoms with Crippen LogP contribution in [0.15, 0.2) is 28.6 Å². The van der Waals surface area contributed by atoms with Crippen LogP contribution in [0.5, 0.6) is 0 Å². The molecule has 10 heteroatoms. The summed E-state index contributed by atoms with van der Waals surface area (Å²) in [7, 11) is 0. The monoisotopic (exact) mass is 505 g/mol. The molecule has 2 aromatic heterocycles. The molecule has 1 aliphatic heterocycles. The Kier molecular flexibility index (Phi) is 7.67. The Bertz CT molecular complexity index is 1350. The van der Waals surface area contributed by atoms with Crippen LogP contribution in [0.4, 0.5) is 5.82 Å². The minimum absolute atomic E-state index is 0.0647. The number of pyridine rings is 1. The van der Waals surface area contributed by atoms with E-state index in [9.17, 15) is 20.4 Å². The number of nitrogen functional groups attached to an aromatic ring is 1. The molecule has 3 N–H and O–H groups in total. The zero-order valence-corrected chi connectivity index (χ0v) is 20.7. The molecule has 1 saturated heterocycles. The number of hydrogen-bond acceptors (Lipinski definition) is 9. The normalized spacial score (nSPS) is 15.3. The van der Waals surface area contributed by atoms with Crippen LogP contribution >= 0.6 is 23.1 Å². The number of aromatic nitrogens is 2. The number of anilines is 1. The molecule has 0 radical (unpaired) electrons. The lowest BCUT2D eigenvalue weighted by Gasteiger charge is -2.25. The number of thioether (sulfide) groups is 1. The number of nitrogens with zero attached hydrogens (tertiary/aromatic N) is 4. The van der Waals surface area contributed by atoms with Crippen LogP contribution in [0.25, 0.3) is 10.6 Å². The molecule has 1 aliphatic rings. The number of benzene rings is 1. The highest BCUT2D eigenvalue weighted by Gasteiger charge is 2.27. The fourth-order valence-electron chi connectivity index (χ4n) is 4.18. The van der Waals surface area contributed by atoms with Gasteiger partial charge < -0.3 is 15.6 Å². The first-order chi connectivity index (χ1) is 17.0. The van der Waals surface area contributed by atoms with Crippen molar-refractivity contribution in [2.45, 2.75) is 42.9 Å². The zero-order chi connectivity index (χ0) is 24.9. The molecule has 4 rings (SSSR count). The number of aromatic carboxylic acids is 1. The first-order valence-corrected chi connectivity index (χ1v) is 13.0. The van der Waals surface area contributed by atoms with Gasteiger partial charge in [-0.05, 0) is 42.5 Å². The maximum Gasteiger partial charge on any atom is 0.335 e. The molecule has 3 aromatic rings. The number of carbonyl (C=O) groups is 1. The van der Waals surface area contributed by atoms with Gasteiger partial charge in [0.1, 0.15) is 28.0 Å². The van der Waals surface area contributed by atoms with Crippen molar-refractivity contribution in [3.63, 3.8) is 0 Å². The Labute approximate surface area is 211 Å². The largest absolute Gasteiger partial charge is 0.478 e. The van der Waals surface area contributed by atoms with E-state index in [0.717, 1.165) is 34.7 Å². The Morgan fingerprint density at radius 2 is 2.11 bits per heavy atom. The molecule has 8 nitrogen and oxygen atoms in total. The number of ether oxygens (including phenoxy) is 1. The van der Waals surface area contributed by atoms with E-state index in [1.54, 1.807) is 12.1 Å². The molecule has 0 bridgehead atoms. The summed E-state index contributed by atoms with van der Waals surface area (Å²) in [6.07, 6.45) is 2.30. The Morgan fingerprint density at radius 1 is 1.31 bits per heavy atom. The summed E-state index contributed by atoms with van der Waals surface area (Å²) in [6.45, 7) is 3.05. The Balaban J connectivity index is 1.59. The maximum absolute atomic E-state index is 11.4. The van der Waals surface area contributed by atoms with E-state index in [2.05, 4.69) is 17.1 Å². The standard InChI is InChI=1S/C25H23N5O3S2/c1-2-14-8-15(5-6-18(14)25(31)32)23-29-17(12-34-23)13-35-24-20(10-27)21(16-4-3-7-33-11-16)19(9-26)22(28)30-24/h5-6,8,12,16H,2-4,7,11,13H2,1H3,(H2,28,30)(H,31,32). The zero-order valence-electron chi connectivity index (χ0n) is 19.1. The quantitative estimate of drug-likeness (QED) is 0.424. The van der Waals surface area contributed by atoms with Crippen molar-refractivity contribution in [3.8, 4) is 22.7 Å². The van der Waals surface area contributed by atoms with Gasteiger partial charge in [0.2, 0.25) is 0 Å². The first-order valence-electron chi connectivity index (χ1n) is 11.1. The summed E-state index contributed by atoms with van der Waals surface area (Å²) in [5.74, 6) is -0.409. The van der Waals surface area contributed by atoms with Gasteiger partial charge in [-0.3, -0.25) is 0 Å². The Hall–Kier alpha value is -3.44. The van der Waals surface area contributed by atoms with Crippen LogP contribution in [0, 0.1) is 22.7 Å². The van der Waals surface area contributed by atoms with Crippen LogP contribution in [0.3, 0.4) is 0 Å². The van der Waals surface area contributed by atoms with Crippen molar-refractivity contribution in [2.75, 3.05) is 18.9 Å². The van der Waals surface area contributed by atoms with Gasteiger partial charge >= 0.3 is 5.97 Å². The highest BCUT2D eigenvalue weighted by Crippen LogP contribution is 2.38. The van der Waals surface area contributed by atoms with E-state index >= 15 is 0 Å². The minimum atomic E-state index is -0.939. The molecule has 1 unspecified atom stereocenters. The number of thiazole rings is 1. The van der Waals surface area contributed by atoms with Crippen LogP contribution < -0.4 is 5.73 Å². The van der Waals surface area contributed by atoms with Crippen molar-refractivity contribution < 1.29 is 14.6 Å². The van der Waals surface area contributed by atoms with Gasteiger partial charge in [-0.25, -0.2) is 14.8 Å². The summed E-state index contributed by atoms with van der Waals surface area (Å²) in [4.78, 5) is 20.5. The van der Waals surface area contributed by atoms with Crippen LogP contribution in [-0.2, 0) is 16.9 Å². The number of hydrogen-bond donors (Lipinski definition) is 2. The SMILES string of the molecule is CCc1cc(-c2nc(CSc3nc(N)c(C#N)c(C4CCCOC4)c3C#N)cs2)ccc1C(=O)O. The summed E-state index contributed by atoms with van der Waals surface area (Å²) < 4.78 is 5.60. The van der Waals surface area contributed by atoms with Gasteiger partial charge in [0.15, 0.2) is 0 Å². The van der Waals surface area contributed by atoms with Crippen molar-refractivity contribution in [1.82, 2.24) is 9.97 Å². The Morgan fingerprint density at radius 3 is 2.77 bits per heavy atom. The number of carboxylic acid groups (broad SMARTS) is 1. The maximum atomic E-state index is 11.4. The van der Waals surface area contributed by atoms with Crippen molar-refractivity contribution in [1.29, 1.82) is 10.5 Å². The molecule has 35 heavy (non-hydrogen) atoms. The van der Waals surface area contributed by atoms with E-state index in [0.29, 0.717) is 47.1 Å². The van der Waals surface area contributed by atoms with Crippen molar-refractivity contribution in [3.05, 3.63) is 57.1 Å². The average Bonchev–Trinajstić information content (AvgIpc) is 3.36. The van der Waals surface area contributed by atoms with E-state index in [-0.39, 0.29) is 17.3 Å². The summed E-state index contributed by atoms with van der Waals surface area (Å²) >= 11 is 2.84. The highest BCUT2D eigenvalue weighted by molar-refractivity contribution is 7.98. The van der Waals surface area contributed by atoms with Crippen molar-refractivity contribution >= 4 is 34.9 Å². The topological polar surface area (TPSA) is 146 Å². The van der Waals surface area contributed by atoms with Gasteiger partial charge in [0.05, 0.1) is 29.0 Å². The van der Waals surface area contributed by atoms with Crippen molar-refractivity contribution in [2.24, 2.45) is 0 Å². The predicted octanol–water partition coefficient (Wildman–Crippen LogP) is 4.98. The molecule has 3 heterocycles. The fraction of sp³-hybridized carbons (Fsp3) is 0.320. The number of carboxylic acids is 1. The molecular weight excluding hydrogens is 482 g/mol. The van der Waals surface area contributed by atoms with Gasteiger partial charge in [-0.1, -0.05) is 24.8 Å². The fourth-order valence-corrected chi connectivity index (χ4v) is 6.00. The van der Waals surface area contributed by atoms with Gasteiger partial charge in [0, 0.05) is 29.2 Å². The highest BCUT2D eigenvalue weighted by atomic mass is 32.2. The molecule has 1 atom stereocenters. The third kappa shape index (κ3) is 5.15. The minimum Gasteiger partial charge on any atom is -0.478 e. The molecular formula is C25H23N5O3S2.